The summed E-state index contributed by atoms with van der Waals surface area (Å²) in [6, 6.07) is 19.1. The fourth-order valence-corrected chi connectivity index (χ4v) is 3.33. The number of aliphatic hydroxyl groups is 2. The van der Waals surface area contributed by atoms with Crippen LogP contribution in [0.3, 0.4) is 0 Å². The van der Waals surface area contributed by atoms with Crippen LogP contribution in [-0.2, 0) is 18.9 Å². The first-order valence-electron chi connectivity index (χ1n) is 8.73. The quantitative estimate of drug-likeness (QED) is 0.870. The largest absolute Gasteiger partial charge is 0.394 e. The third kappa shape index (κ3) is 3.53. The highest BCUT2D eigenvalue weighted by molar-refractivity contribution is 5.18. The van der Waals surface area contributed by atoms with E-state index in [1.165, 1.54) is 0 Å². The normalized spacial score (nSPS) is 32.6. The van der Waals surface area contributed by atoms with Gasteiger partial charge in [0.1, 0.15) is 24.4 Å². The molecule has 26 heavy (non-hydrogen) atoms. The summed E-state index contributed by atoms with van der Waals surface area (Å²) in [5.41, 5.74) is 1.72. The van der Waals surface area contributed by atoms with E-state index in [0.29, 0.717) is 6.61 Å². The minimum absolute atomic E-state index is 0.311. The lowest BCUT2D eigenvalue weighted by molar-refractivity contribution is -0.373. The SMILES string of the molecule is OC[C@@H](O)[C@@H]1O[C@H](c2ccccc2)O[C@H]2CO[C@@H](c3ccccc3)O[C@@H]12. The van der Waals surface area contributed by atoms with Crippen LogP contribution in [0.1, 0.15) is 23.7 Å². The molecular formula is C20H22O6. The lowest BCUT2D eigenvalue weighted by Gasteiger charge is -2.47. The molecule has 2 fully saturated rings. The first kappa shape index (κ1) is 17.6. The average molecular weight is 358 g/mol. The van der Waals surface area contributed by atoms with Crippen LogP contribution in [0.2, 0.25) is 0 Å². The van der Waals surface area contributed by atoms with Gasteiger partial charge in [0, 0.05) is 11.1 Å². The van der Waals surface area contributed by atoms with Crippen molar-refractivity contribution in [2.75, 3.05) is 13.2 Å². The first-order valence-corrected chi connectivity index (χ1v) is 8.73. The van der Waals surface area contributed by atoms with Crippen LogP contribution in [0.5, 0.6) is 0 Å². The zero-order chi connectivity index (χ0) is 17.9. The van der Waals surface area contributed by atoms with E-state index in [0.717, 1.165) is 11.1 Å². The van der Waals surface area contributed by atoms with Crippen molar-refractivity contribution in [2.45, 2.75) is 37.0 Å². The molecule has 0 aliphatic carbocycles. The topological polar surface area (TPSA) is 77.4 Å². The highest BCUT2D eigenvalue weighted by Gasteiger charge is 2.48. The molecule has 138 valence electrons. The van der Waals surface area contributed by atoms with Gasteiger partial charge in [-0.1, -0.05) is 60.7 Å². The lowest BCUT2D eigenvalue weighted by atomic mass is 9.99. The summed E-state index contributed by atoms with van der Waals surface area (Å²) in [5.74, 6) is 0. The van der Waals surface area contributed by atoms with Crippen LogP contribution in [0, 0.1) is 0 Å². The Morgan fingerprint density at radius 2 is 1.46 bits per heavy atom. The highest BCUT2D eigenvalue weighted by Crippen LogP contribution is 2.38. The van der Waals surface area contributed by atoms with E-state index in [1.54, 1.807) is 0 Å². The van der Waals surface area contributed by atoms with E-state index in [2.05, 4.69) is 0 Å². The van der Waals surface area contributed by atoms with Crippen molar-refractivity contribution in [3.63, 3.8) is 0 Å². The summed E-state index contributed by atoms with van der Waals surface area (Å²) in [4.78, 5) is 0. The number of benzene rings is 2. The monoisotopic (exact) mass is 358 g/mol. The molecule has 6 nitrogen and oxygen atoms in total. The maximum atomic E-state index is 10.3. The molecule has 2 aliphatic heterocycles. The highest BCUT2D eigenvalue weighted by atomic mass is 16.8. The number of ether oxygens (including phenoxy) is 4. The van der Waals surface area contributed by atoms with Gasteiger partial charge in [-0.25, -0.2) is 0 Å². The summed E-state index contributed by atoms with van der Waals surface area (Å²) in [6.45, 7) is -0.110. The van der Waals surface area contributed by atoms with Gasteiger partial charge in [0.25, 0.3) is 0 Å². The van der Waals surface area contributed by atoms with Gasteiger partial charge in [0.15, 0.2) is 12.6 Å². The Hall–Kier alpha value is -1.80. The lowest BCUT2D eigenvalue weighted by Crippen LogP contribution is -2.58. The summed E-state index contributed by atoms with van der Waals surface area (Å²) < 4.78 is 23.9. The molecule has 2 N–H and O–H groups in total. The molecule has 2 aromatic carbocycles. The molecule has 0 aromatic heterocycles. The van der Waals surface area contributed by atoms with Crippen molar-refractivity contribution in [1.82, 2.24) is 0 Å². The zero-order valence-corrected chi connectivity index (χ0v) is 14.2. The molecule has 4 rings (SSSR count). The molecule has 0 spiro atoms. The number of hydrogen-bond donors (Lipinski definition) is 2. The molecule has 0 saturated carbocycles. The van der Waals surface area contributed by atoms with Crippen molar-refractivity contribution in [2.24, 2.45) is 0 Å². The Morgan fingerprint density at radius 3 is 2.08 bits per heavy atom. The molecule has 6 heteroatoms. The van der Waals surface area contributed by atoms with Crippen molar-refractivity contribution < 1.29 is 29.2 Å². The number of aliphatic hydroxyl groups excluding tert-OH is 2. The maximum Gasteiger partial charge on any atom is 0.184 e. The van der Waals surface area contributed by atoms with E-state index >= 15 is 0 Å². The Labute approximate surface area is 151 Å². The fourth-order valence-electron chi connectivity index (χ4n) is 3.33. The molecule has 0 bridgehead atoms. The number of rotatable bonds is 4. The van der Waals surface area contributed by atoms with Crippen LogP contribution in [0.15, 0.2) is 60.7 Å². The zero-order valence-electron chi connectivity index (χ0n) is 14.2. The van der Waals surface area contributed by atoms with Gasteiger partial charge in [-0.3, -0.25) is 0 Å². The molecule has 0 unspecified atom stereocenters. The van der Waals surface area contributed by atoms with E-state index < -0.39 is 43.6 Å². The van der Waals surface area contributed by atoms with Crippen molar-refractivity contribution >= 4 is 0 Å². The third-order valence-electron chi connectivity index (χ3n) is 4.67. The summed E-state index contributed by atoms with van der Waals surface area (Å²) >= 11 is 0. The van der Waals surface area contributed by atoms with Gasteiger partial charge in [0.2, 0.25) is 0 Å². The standard InChI is InChI=1S/C20H22O6/c21-11-15(22)17-18-16(24-20(25-17)14-9-5-2-6-10-14)12-23-19(26-18)13-7-3-1-4-8-13/h1-10,15-22H,11-12H2/t15-,16+,17+,18-,19-,20-/m1/s1. The second kappa shape index (κ2) is 7.84. The predicted octanol–water partition coefficient (Wildman–Crippen LogP) is 1.94. The number of fused-ring (bicyclic) bond motifs is 1. The summed E-state index contributed by atoms with van der Waals surface area (Å²) in [6.07, 6.45) is -3.96. The van der Waals surface area contributed by atoms with E-state index in [-0.39, 0.29) is 0 Å². The average Bonchev–Trinajstić information content (AvgIpc) is 2.73. The third-order valence-corrected chi connectivity index (χ3v) is 4.67. The summed E-state index contributed by atoms with van der Waals surface area (Å²) in [7, 11) is 0. The van der Waals surface area contributed by atoms with Crippen LogP contribution in [0.4, 0.5) is 0 Å². The van der Waals surface area contributed by atoms with Crippen LogP contribution in [-0.4, -0.2) is 47.8 Å². The Kier molecular flexibility index (Phi) is 5.31. The molecular weight excluding hydrogens is 336 g/mol. The minimum atomic E-state index is -1.08. The van der Waals surface area contributed by atoms with E-state index in [1.807, 2.05) is 60.7 Å². The molecule has 2 heterocycles. The molecule has 0 radical (unpaired) electrons. The Morgan fingerprint density at radius 1 is 0.846 bits per heavy atom. The fraction of sp³-hybridized carbons (Fsp3) is 0.400. The van der Waals surface area contributed by atoms with Crippen molar-refractivity contribution in [1.29, 1.82) is 0 Å². The molecule has 0 amide bonds. The Balaban J connectivity index is 1.56. The van der Waals surface area contributed by atoms with Crippen LogP contribution < -0.4 is 0 Å². The molecule has 2 aliphatic rings. The first-order chi connectivity index (χ1) is 12.8. The molecule has 6 atom stereocenters. The van der Waals surface area contributed by atoms with Crippen molar-refractivity contribution in [3.8, 4) is 0 Å². The van der Waals surface area contributed by atoms with Gasteiger partial charge < -0.3 is 29.2 Å². The number of hydrogen-bond acceptors (Lipinski definition) is 6. The van der Waals surface area contributed by atoms with Crippen LogP contribution >= 0.6 is 0 Å². The minimum Gasteiger partial charge on any atom is -0.394 e. The van der Waals surface area contributed by atoms with Gasteiger partial charge >= 0.3 is 0 Å². The summed E-state index contributed by atoms with van der Waals surface area (Å²) in [5, 5.41) is 19.8. The van der Waals surface area contributed by atoms with Crippen molar-refractivity contribution in [3.05, 3.63) is 71.8 Å². The van der Waals surface area contributed by atoms with Gasteiger partial charge in [-0.15, -0.1) is 0 Å². The molecule has 2 aromatic rings. The molecule has 2 saturated heterocycles. The second-order valence-corrected chi connectivity index (χ2v) is 6.44. The van der Waals surface area contributed by atoms with E-state index in [9.17, 15) is 10.2 Å². The van der Waals surface area contributed by atoms with Crippen LogP contribution in [0.25, 0.3) is 0 Å². The van der Waals surface area contributed by atoms with Gasteiger partial charge in [-0.05, 0) is 0 Å². The smallest absolute Gasteiger partial charge is 0.184 e. The Bertz CT molecular complexity index is 692. The second-order valence-electron chi connectivity index (χ2n) is 6.44. The van der Waals surface area contributed by atoms with Gasteiger partial charge in [0.05, 0.1) is 13.2 Å². The predicted molar refractivity (Wildman–Crippen MR) is 92.0 cm³/mol. The van der Waals surface area contributed by atoms with Gasteiger partial charge in [-0.2, -0.15) is 0 Å². The van der Waals surface area contributed by atoms with E-state index in [4.69, 9.17) is 18.9 Å². The maximum absolute atomic E-state index is 10.3.